The molecule has 106 valence electrons. The zero-order valence-electron chi connectivity index (χ0n) is 10.9. The van der Waals surface area contributed by atoms with E-state index < -0.39 is 16.6 Å². The summed E-state index contributed by atoms with van der Waals surface area (Å²) < 4.78 is 27.0. The fourth-order valence-electron chi connectivity index (χ4n) is 1.87. The first-order valence-corrected chi connectivity index (χ1v) is 7.52. The van der Waals surface area contributed by atoms with E-state index in [4.69, 9.17) is 0 Å². The summed E-state index contributed by atoms with van der Waals surface area (Å²) in [5.41, 5.74) is 0.786. The van der Waals surface area contributed by atoms with Crippen molar-refractivity contribution in [2.24, 2.45) is 0 Å². The highest BCUT2D eigenvalue weighted by Crippen LogP contribution is 2.14. The molecule has 0 spiro atoms. The number of halogens is 1. The average molecular weight is 302 g/mol. The van der Waals surface area contributed by atoms with E-state index in [1.165, 1.54) is 22.9 Å². The van der Waals surface area contributed by atoms with E-state index >= 15 is 0 Å². The first-order valence-electron chi connectivity index (χ1n) is 6.20. The number of rotatable bonds is 4. The number of nitrogens with zero attached hydrogens (tertiary/aromatic N) is 4. The molecule has 0 saturated carbocycles. The maximum absolute atomic E-state index is 13.2. The molecule has 3 rings (SSSR count). The van der Waals surface area contributed by atoms with Gasteiger partial charge >= 0.3 is 0 Å². The van der Waals surface area contributed by atoms with Crippen LogP contribution in [0.4, 0.5) is 4.39 Å². The van der Waals surface area contributed by atoms with Crippen LogP contribution < -0.4 is 0 Å². The molecular weight excluding hydrogens is 291 g/mol. The second-order valence-electron chi connectivity index (χ2n) is 4.29. The van der Waals surface area contributed by atoms with Crippen molar-refractivity contribution in [1.82, 2.24) is 20.2 Å². The molecule has 1 aromatic heterocycles. The van der Waals surface area contributed by atoms with Gasteiger partial charge in [-0.15, -0.1) is 5.10 Å². The molecule has 7 heteroatoms. The highest BCUT2D eigenvalue weighted by atomic mass is 32.2. The smallest absolute Gasteiger partial charge is 0.169 e. The van der Waals surface area contributed by atoms with Crippen LogP contribution in [-0.2, 0) is 16.6 Å². The van der Waals surface area contributed by atoms with Crippen LogP contribution in [0.3, 0.4) is 0 Å². The number of hydrogen-bond acceptors (Lipinski definition) is 4. The third-order valence-corrected chi connectivity index (χ3v) is 4.15. The van der Waals surface area contributed by atoms with E-state index in [-0.39, 0.29) is 5.75 Å². The third kappa shape index (κ3) is 3.03. The monoisotopic (exact) mass is 302 g/mol. The van der Waals surface area contributed by atoms with Gasteiger partial charge in [-0.1, -0.05) is 24.3 Å². The molecule has 1 heterocycles. The number of benzene rings is 2. The molecule has 0 radical (unpaired) electrons. The van der Waals surface area contributed by atoms with Gasteiger partial charge in [-0.2, -0.15) is 4.68 Å². The van der Waals surface area contributed by atoms with Crippen molar-refractivity contribution in [2.75, 3.05) is 0 Å². The Morgan fingerprint density at radius 2 is 1.90 bits per heavy atom. The van der Waals surface area contributed by atoms with Gasteiger partial charge in [-0.25, -0.2) is 4.39 Å². The van der Waals surface area contributed by atoms with Gasteiger partial charge in [-0.3, -0.25) is 4.21 Å². The lowest BCUT2D eigenvalue weighted by Gasteiger charge is -2.04. The summed E-state index contributed by atoms with van der Waals surface area (Å²) in [6.07, 6.45) is 0. The number of hydrogen-bond donors (Lipinski definition) is 0. The summed E-state index contributed by atoms with van der Waals surface area (Å²) in [6.45, 7) is 0. The third-order valence-electron chi connectivity index (χ3n) is 2.85. The Labute approximate surface area is 122 Å². The average Bonchev–Trinajstić information content (AvgIpc) is 2.96. The van der Waals surface area contributed by atoms with Crippen LogP contribution in [0.1, 0.15) is 5.82 Å². The number of aromatic nitrogens is 4. The Morgan fingerprint density at radius 3 is 2.67 bits per heavy atom. The Morgan fingerprint density at radius 1 is 1.10 bits per heavy atom. The molecule has 0 saturated heterocycles. The fraction of sp³-hybridized carbons (Fsp3) is 0.0714. The Kier molecular flexibility index (Phi) is 3.83. The predicted molar refractivity (Wildman–Crippen MR) is 75.7 cm³/mol. The molecule has 2 aromatic carbocycles. The van der Waals surface area contributed by atoms with Gasteiger partial charge in [0, 0.05) is 4.90 Å². The molecule has 0 aliphatic heterocycles. The molecule has 3 aromatic rings. The second kappa shape index (κ2) is 5.92. The maximum Gasteiger partial charge on any atom is 0.169 e. The molecule has 1 atom stereocenters. The highest BCUT2D eigenvalue weighted by Gasteiger charge is 2.13. The molecule has 0 fully saturated rings. The summed E-state index contributed by atoms with van der Waals surface area (Å²) in [5, 5.41) is 11.4. The van der Waals surface area contributed by atoms with Crippen molar-refractivity contribution >= 4 is 10.8 Å². The Balaban J connectivity index is 1.87. The van der Waals surface area contributed by atoms with Crippen molar-refractivity contribution in [1.29, 1.82) is 0 Å². The number of para-hydroxylation sites is 1. The molecule has 0 unspecified atom stereocenters. The van der Waals surface area contributed by atoms with E-state index in [0.29, 0.717) is 10.7 Å². The quantitative estimate of drug-likeness (QED) is 0.740. The lowest BCUT2D eigenvalue weighted by atomic mass is 10.3. The summed E-state index contributed by atoms with van der Waals surface area (Å²) >= 11 is 0. The standard InChI is InChI=1S/C14H11FN4OS/c15-11-5-4-8-13(9-11)21(20)10-14-16-17-18-19(14)12-6-2-1-3-7-12/h1-9H,10H2/t21-/m0/s1. The Hall–Kier alpha value is -2.41. The lowest BCUT2D eigenvalue weighted by molar-refractivity contribution is 0.622. The lowest BCUT2D eigenvalue weighted by Crippen LogP contribution is -2.06. The molecule has 0 amide bonds. The summed E-state index contributed by atoms with van der Waals surface area (Å²) in [6, 6.07) is 15.0. The SMILES string of the molecule is O=[S@@](Cc1nnnn1-c1ccccc1)c1cccc(F)c1. The van der Waals surface area contributed by atoms with Crippen LogP contribution in [0.25, 0.3) is 5.69 Å². The van der Waals surface area contributed by atoms with Gasteiger partial charge in [0.2, 0.25) is 0 Å². The van der Waals surface area contributed by atoms with Crippen molar-refractivity contribution in [3.8, 4) is 5.69 Å². The van der Waals surface area contributed by atoms with E-state index in [0.717, 1.165) is 5.69 Å². The topological polar surface area (TPSA) is 60.7 Å². The molecule has 5 nitrogen and oxygen atoms in total. The van der Waals surface area contributed by atoms with Crippen LogP contribution >= 0.6 is 0 Å². The first-order chi connectivity index (χ1) is 10.2. The van der Waals surface area contributed by atoms with Gasteiger partial charge in [0.05, 0.1) is 22.2 Å². The maximum atomic E-state index is 13.2. The van der Waals surface area contributed by atoms with Crippen LogP contribution in [0.5, 0.6) is 0 Å². The molecule has 0 aliphatic carbocycles. The predicted octanol–water partition coefficient (Wildman–Crippen LogP) is 2.11. The molecule has 0 N–H and O–H groups in total. The van der Waals surface area contributed by atoms with E-state index in [1.54, 1.807) is 6.07 Å². The number of tetrazole rings is 1. The van der Waals surface area contributed by atoms with Crippen molar-refractivity contribution in [2.45, 2.75) is 10.6 Å². The van der Waals surface area contributed by atoms with Gasteiger partial charge in [0.1, 0.15) is 5.82 Å². The van der Waals surface area contributed by atoms with Crippen LogP contribution in [0.15, 0.2) is 59.5 Å². The zero-order valence-corrected chi connectivity index (χ0v) is 11.7. The molecular formula is C14H11FN4OS. The van der Waals surface area contributed by atoms with Crippen molar-refractivity contribution in [3.05, 3.63) is 66.2 Å². The van der Waals surface area contributed by atoms with E-state index in [2.05, 4.69) is 15.5 Å². The van der Waals surface area contributed by atoms with Gasteiger partial charge in [0.25, 0.3) is 0 Å². The second-order valence-corrected chi connectivity index (χ2v) is 5.74. The first kappa shape index (κ1) is 13.6. The van der Waals surface area contributed by atoms with Crippen LogP contribution in [0, 0.1) is 5.82 Å². The summed E-state index contributed by atoms with van der Waals surface area (Å²) in [4.78, 5) is 0.414. The van der Waals surface area contributed by atoms with Gasteiger partial charge < -0.3 is 0 Å². The largest absolute Gasteiger partial charge is 0.254 e. The van der Waals surface area contributed by atoms with Gasteiger partial charge in [0.15, 0.2) is 5.82 Å². The van der Waals surface area contributed by atoms with Crippen molar-refractivity contribution in [3.63, 3.8) is 0 Å². The van der Waals surface area contributed by atoms with Crippen LogP contribution in [-0.4, -0.2) is 24.4 Å². The van der Waals surface area contributed by atoms with Crippen molar-refractivity contribution < 1.29 is 8.60 Å². The van der Waals surface area contributed by atoms with Crippen LogP contribution in [0.2, 0.25) is 0 Å². The molecule has 0 aliphatic rings. The normalized spacial score (nSPS) is 12.2. The Bertz CT molecular complexity index is 775. The fourth-order valence-corrected chi connectivity index (χ4v) is 2.93. The van der Waals surface area contributed by atoms with E-state index in [1.807, 2.05) is 30.3 Å². The minimum atomic E-state index is -1.41. The minimum Gasteiger partial charge on any atom is -0.254 e. The van der Waals surface area contributed by atoms with Gasteiger partial charge in [-0.05, 0) is 40.8 Å². The summed E-state index contributed by atoms with van der Waals surface area (Å²) in [5.74, 6) is 0.165. The molecule has 21 heavy (non-hydrogen) atoms. The van der Waals surface area contributed by atoms with E-state index in [9.17, 15) is 8.60 Å². The summed E-state index contributed by atoms with van der Waals surface area (Å²) in [7, 11) is -1.41. The minimum absolute atomic E-state index is 0.116. The zero-order chi connectivity index (χ0) is 14.7. The highest BCUT2D eigenvalue weighted by molar-refractivity contribution is 7.84. The molecule has 0 bridgehead atoms.